The molecule has 10 atom stereocenters. The average Bonchev–Trinajstić information content (AvgIpc) is 3.76. The van der Waals surface area contributed by atoms with E-state index in [1.165, 1.54) is 28.0 Å². The molecule has 0 saturated carbocycles. The van der Waals surface area contributed by atoms with Crippen LogP contribution in [0.4, 0.5) is 11.8 Å². The molecule has 7 rings (SSSR count). The first-order chi connectivity index (χ1) is 22.4. The molecule has 47 heavy (non-hydrogen) atoms. The molecule has 0 spiro atoms. The van der Waals surface area contributed by atoms with Crippen molar-refractivity contribution in [2.45, 2.75) is 56.0 Å². The maximum Gasteiger partial charge on any atom is 0.472 e. The third-order valence-electron chi connectivity index (χ3n) is 7.81. The van der Waals surface area contributed by atoms with E-state index < -0.39 is 83.5 Å². The minimum Gasteiger partial charge on any atom is -0.386 e. The van der Waals surface area contributed by atoms with Gasteiger partial charge >= 0.3 is 15.6 Å². The van der Waals surface area contributed by atoms with Crippen molar-refractivity contribution in [2.75, 3.05) is 31.3 Å². The van der Waals surface area contributed by atoms with Gasteiger partial charge in [-0.3, -0.25) is 32.4 Å². The number of aliphatic hydroxyl groups excluding tert-OH is 1. The van der Waals surface area contributed by atoms with Gasteiger partial charge in [0.05, 0.1) is 24.9 Å². The fourth-order valence-corrected chi connectivity index (χ4v) is 7.71. The standard InChI is InChI=1S/C23H29N9O13P2/c1-2-39-15-11-6-41-46(35,36)44-14-10(42-21(13(14)33)31-4-3-9-17(24)26-7-27-18(9)31)5-40-47(37,38)45-16(15)22(43-11)32-8-28-12-19(32)29-23(25)30-20(12)34/h3-4,7-8,10-11,13-16,21-22,33H,2,5-6H2,1H3,(H,35,36)(H,37,38)(H2,24,26,27)(H3,25,29,30,34)/t10-,11-,13?,14+,15?,16+,21-,22-/m1/s1. The molecule has 0 amide bonds. The molecule has 0 aromatic carbocycles. The van der Waals surface area contributed by atoms with Crippen molar-refractivity contribution in [3.05, 3.63) is 35.3 Å². The van der Waals surface area contributed by atoms with Crippen LogP contribution in [0.3, 0.4) is 0 Å². The van der Waals surface area contributed by atoms with Crippen molar-refractivity contribution in [2.24, 2.45) is 0 Å². The number of nitrogens with one attached hydrogen (secondary N) is 1. The van der Waals surface area contributed by atoms with E-state index >= 15 is 0 Å². The second kappa shape index (κ2) is 11.9. The van der Waals surface area contributed by atoms with Gasteiger partial charge in [-0.1, -0.05) is 0 Å². The van der Waals surface area contributed by atoms with E-state index in [0.29, 0.717) is 5.39 Å². The Bertz CT molecular complexity index is 1970. The number of nitrogen functional groups attached to an aromatic ring is 2. The Hall–Kier alpha value is -3.37. The highest BCUT2D eigenvalue weighted by Crippen LogP contribution is 2.54. The lowest BCUT2D eigenvalue weighted by Gasteiger charge is -2.26. The number of ether oxygens (including phenoxy) is 3. The zero-order valence-electron chi connectivity index (χ0n) is 24.2. The Morgan fingerprint density at radius 1 is 1.00 bits per heavy atom. The van der Waals surface area contributed by atoms with Crippen molar-refractivity contribution in [3.63, 3.8) is 0 Å². The zero-order valence-corrected chi connectivity index (χ0v) is 26.0. The summed E-state index contributed by atoms with van der Waals surface area (Å²) in [6, 6.07) is 1.58. The van der Waals surface area contributed by atoms with Crippen molar-refractivity contribution in [1.29, 1.82) is 0 Å². The van der Waals surface area contributed by atoms with Gasteiger partial charge in [0.25, 0.3) is 5.56 Å². The first-order valence-corrected chi connectivity index (χ1v) is 17.1. The summed E-state index contributed by atoms with van der Waals surface area (Å²) < 4.78 is 68.7. The molecule has 4 aromatic heterocycles. The molecule has 2 bridgehead atoms. The number of aromatic nitrogens is 7. The van der Waals surface area contributed by atoms with Gasteiger partial charge in [-0.2, -0.15) is 4.98 Å². The van der Waals surface area contributed by atoms with Crippen LogP contribution in [0.2, 0.25) is 0 Å². The summed E-state index contributed by atoms with van der Waals surface area (Å²) >= 11 is 0. The van der Waals surface area contributed by atoms with Gasteiger partial charge in [0.2, 0.25) is 5.95 Å². The summed E-state index contributed by atoms with van der Waals surface area (Å²) in [5.74, 6) is -0.0849. The van der Waals surface area contributed by atoms with Gasteiger partial charge in [-0.15, -0.1) is 0 Å². The molecule has 8 N–H and O–H groups in total. The van der Waals surface area contributed by atoms with Gasteiger partial charge in [-0.05, 0) is 13.0 Å². The molecule has 254 valence electrons. The molecule has 4 aromatic rings. The molecule has 3 fully saturated rings. The van der Waals surface area contributed by atoms with Crippen LogP contribution in [0.25, 0.3) is 22.2 Å². The van der Waals surface area contributed by atoms with E-state index in [1.807, 2.05) is 0 Å². The number of anilines is 2. The second-order valence-corrected chi connectivity index (χ2v) is 13.5. The summed E-state index contributed by atoms with van der Waals surface area (Å²) in [6.07, 6.45) is -7.33. The molecule has 3 aliphatic rings. The van der Waals surface area contributed by atoms with Gasteiger partial charge in [-0.25, -0.2) is 24.1 Å². The van der Waals surface area contributed by atoms with Crippen LogP contribution in [-0.2, 0) is 41.4 Å². The summed E-state index contributed by atoms with van der Waals surface area (Å²) in [5, 5.41) is 11.7. The molecular formula is C23H29N9O13P2. The fraction of sp³-hybridized carbons (Fsp3) is 0.522. The Kier molecular flexibility index (Phi) is 8.18. The molecule has 24 heteroatoms. The van der Waals surface area contributed by atoms with Crippen molar-refractivity contribution >= 4 is 49.6 Å². The van der Waals surface area contributed by atoms with E-state index in [-0.39, 0.29) is 35.2 Å². The summed E-state index contributed by atoms with van der Waals surface area (Å²) in [5.41, 5.74) is 11.1. The summed E-state index contributed by atoms with van der Waals surface area (Å²) in [6.45, 7) is 0.243. The van der Waals surface area contributed by atoms with Gasteiger partial charge in [0.1, 0.15) is 54.4 Å². The van der Waals surface area contributed by atoms with Crippen LogP contribution in [0.15, 0.2) is 29.7 Å². The smallest absolute Gasteiger partial charge is 0.386 e. The minimum atomic E-state index is -5.05. The van der Waals surface area contributed by atoms with Crippen LogP contribution in [0, 0.1) is 0 Å². The largest absolute Gasteiger partial charge is 0.472 e. The van der Waals surface area contributed by atoms with E-state index in [4.69, 9.17) is 43.8 Å². The normalized spacial score (nSPS) is 36.6. The highest BCUT2D eigenvalue weighted by atomic mass is 31.2. The third-order valence-corrected chi connectivity index (χ3v) is 9.78. The van der Waals surface area contributed by atoms with Crippen molar-refractivity contribution in [3.8, 4) is 0 Å². The Morgan fingerprint density at radius 2 is 1.70 bits per heavy atom. The number of nitrogens with two attached hydrogens (primary N) is 2. The predicted molar refractivity (Wildman–Crippen MR) is 155 cm³/mol. The molecule has 0 radical (unpaired) electrons. The van der Waals surface area contributed by atoms with Gasteiger partial charge < -0.3 is 45.1 Å². The van der Waals surface area contributed by atoms with Crippen LogP contribution < -0.4 is 17.0 Å². The highest BCUT2D eigenvalue weighted by Gasteiger charge is 2.54. The van der Waals surface area contributed by atoms with E-state index in [1.54, 1.807) is 13.0 Å². The number of phosphoric ester groups is 2. The van der Waals surface area contributed by atoms with Crippen LogP contribution in [0.5, 0.6) is 0 Å². The molecule has 22 nitrogen and oxygen atoms in total. The molecule has 4 unspecified atom stereocenters. The number of imidazole rings is 1. The minimum absolute atomic E-state index is 0.0483. The zero-order chi connectivity index (χ0) is 33.2. The van der Waals surface area contributed by atoms with E-state index in [0.717, 1.165) is 0 Å². The van der Waals surface area contributed by atoms with Gasteiger partial charge in [0, 0.05) is 12.8 Å². The Morgan fingerprint density at radius 3 is 2.45 bits per heavy atom. The number of H-pyrrole nitrogens is 1. The number of hydrogen-bond acceptors (Lipinski definition) is 17. The Balaban J connectivity index is 1.23. The van der Waals surface area contributed by atoms with Crippen molar-refractivity contribution in [1.82, 2.24) is 34.1 Å². The third kappa shape index (κ3) is 5.86. The fourth-order valence-electron chi connectivity index (χ4n) is 5.82. The summed E-state index contributed by atoms with van der Waals surface area (Å²) in [7, 11) is -10.1. The maximum absolute atomic E-state index is 13.5. The first kappa shape index (κ1) is 32.2. The van der Waals surface area contributed by atoms with E-state index in [9.17, 15) is 28.8 Å². The quantitative estimate of drug-likeness (QED) is 0.143. The molecule has 7 heterocycles. The lowest BCUT2D eigenvalue weighted by atomic mass is 10.1. The predicted octanol–water partition coefficient (Wildman–Crippen LogP) is -0.692. The molecule has 3 saturated heterocycles. The van der Waals surface area contributed by atoms with Crippen LogP contribution in [-0.4, -0.2) is 105 Å². The lowest BCUT2D eigenvalue weighted by Crippen LogP contribution is -2.38. The maximum atomic E-state index is 13.5. The lowest BCUT2D eigenvalue weighted by molar-refractivity contribution is -0.0677. The topological polar surface area (TPSA) is 306 Å². The van der Waals surface area contributed by atoms with Crippen molar-refractivity contribution < 1.29 is 56.3 Å². The monoisotopic (exact) mass is 701 g/mol. The molecular weight excluding hydrogens is 672 g/mol. The number of aromatic amines is 1. The first-order valence-electron chi connectivity index (χ1n) is 14.1. The van der Waals surface area contributed by atoms with Crippen LogP contribution >= 0.6 is 15.6 Å². The molecule has 0 aliphatic carbocycles. The average molecular weight is 701 g/mol. The number of rotatable bonds is 4. The summed E-state index contributed by atoms with van der Waals surface area (Å²) in [4.78, 5) is 52.6. The Labute approximate surface area is 262 Å². The number of nitrogens with zero attached hydrogens (tertiary/aromatic N) is 6. The van der Waals surface area contributed by atoms with E-state index in [2.05, 4.69) is 24.9 Å². The van der Waals surface area contributed by atoms with Gasteiger partial charge in [0.15, 0.2) is 23.6 Å². The number of hydrogen-bond donors (Lipinski definition) is 6. The second-order valence-electron chi connectivity index (χ2n) is 10.7. The number of aliphatic hydroxyl groups is 1. The molecule has 3 aliphatic heterocycles. The SMILES string of the molecule is CCOC1[C@H]2COP(=O)(O)O[C@@H]3C(O)[C@H](n4ccc5c(N)ncnc54)O[C@@H]3COP(=O)(O)O[C@@H]1[C@H](n1cnc3c(=O)[nH]c(N)nc31)O2. The number of phosphoric acid groups is 2. The van der Waals surface area contributed by atoms with Crippen LogP contribution in [0.1, 0.15) is 19.4 Å². The highest BCUT2D eigenvalue weighted by molar-refractivity contribution is 7.47. The number of fused-ring (bicyclic) bond motifs is 5.